The zero-order valence-electron chi connectivity index (χ0n) is 5.86. The zero-order valence-corrected chi connectivity index (χ0v) is 10.8. The third-order valence-electron chi connectivity index (χ3n) is 0.415. The maximum absolute atomic E-state index is 2.18. The number of hydrogen-bond acceptors (Lipinski definition) is 6. The van der Waals surface area contributed by atoms with Gasteiger partial charge in [-0.1, -0.05) is 35.4 Å². The first-order chi connectivity index (χ1) is 4.91. The molecular weight excluding hydrogens is 240 g/mol. The van der Waals surface area contributed by atoms with Crippen molar-refractivity contribution in [1.29, 1.82) is 0 Å². The minimum Gasteiger partial charge on any atom is -0.0820 e. The van der Waals surface area contributed by atoms with Crippen LogP contribution in [0.25, 0.3) is 0 Å². The standard InChI is InChI=1S/C4H10S6/c1-3-5-7-9-10-8-6-4-2/h3-4H2,1-2H3. The van der Waals surface area contributed by atoms with Crippen molar-refractivity contribution in [3.63, 3.8) is 0 Å². The van der Waals surface area contributed by atoms with Crippen molar-refractivity contribution in [2.45, 2.75) is 13.8 Å². The van der Waals surface area contributed by atoms with Crippen molar-refractivity contribution >= 4 is 60.9 Å². The molecule has 0 aromatic heterocycles. The first-order valence-electron chi connectivity index (χ1n) is 2.82. The highest BCUT2D eigenvalue weighted by Crippen LogP contribution is 2.51. The van der Waals surface area contributed by atoms with E-state index in [9.17, 15) is 0 Å². The van der Waals surface area contributed by atoms with Gasteiger partial charge in [-0.15, -0.1) is 0 Å². The Morgan fingerprint density at radius 3 is 1.40 bits per heavy atom. The average Bonchev–Trinajstić information content (AvgIpc) is 1.97. The monoisotopic (exact) mass is 250 g/mol. The van der Waals surface area contributed by atoms with Crippen LogP contribution in [0.2, 0.25) is 0 Å². The van der Waals surface area contributed by atoms with Crippen LogP contribution in [0.1, 0.15) is 13.8 Å². The van der Waals surface area contributed by atoms with Gasteiger partial charge >= 0.3 is 0 Å². The molecule has 0 aromatic rings. The molecule has 0 radical (unpaired) electrons. The normalized spacial score (nSPS) is 10.2. The summed E-state index contributed by atoms with van der Waals surface area (Å²) in [5, 5.41) is 0. The molecule has 0 aliphatic rings. The first kappa shape index (κ1) is 12.1. The fourth-order valence-corrected chi connectivity index (χ4v) is 11.3. The lowest BCUT2D eigenvalue weighted by molar-refractivity contribution is 1.54. The van der Waals surface area contributed by atoms with Gasteiger partial charge in [-0.25, -0.2) is 0 Å². The van der Waals surface area contributed by atoms with Crippen LogP contribution >= 0.6 is 60.9 Å². The molecule has 0 aromatic carbocycles. The van der Waals surface area contributed by atoms with E-state index in [1.807, 2.05) is 60.9 Å². The Morgan fingerprint density at radius 1 is 0.700 bits per heavy atom. The molecule has 0 fully saturated rings. The smallest absolute Gasteiger partial charge is 0.00169 e. The Labute approximate surface area is 85.6 Å². The molecule has 0 spiro atoms. The van der Waals surface area contributed by atoms with Crippen LogP contribution in [0, 0.1) is 0 Å². The van der Waals surface area contributed by atoms with Crippen molar-refractivity contribution in [2.75, 3.05) is 11.5 Å². The topological polar surface area (TPSA) is 0 Å². The molecule has 62 valence electrons. The SMILES string of the molecule is CCSSSSSSCC. The van der Waals surface area contributed by atoms with Gasteiger partial charge in [0.15, 0.2) is 0 Å². The second-order valence-electron chi connectivity index (χ2n) is 1.09. The third kappa shape index (κ3) is 10.1. The van der Waals surface area contributed by atoms with Crippen molar-refractivity contribution < 1.29 is 0 Å². The largest absolute Gasteiger partial charge is 0.0820 e. The van der Waals surface area contributed by atoms with E-state index in [0.717, 1.165) is 0 Å². The van der Waals surface area contributed by atoms with Crippen LogP contribution in [0.5, 0.6) is 0 Å². The summed E-state index contributed by atoms with van der Waals surface area (Å²) in [6, 6.07) is 0. The van der Waals surface area contributed by atoms with Gasteiger partial charge in [0.2, 0.25) is 0 Å². The van der Waals surface area contributed by atoms with Crippen LogP contribution in [0.3, 0.4) is 0 Å². The molecule has 10 heavy (non-hydrogen) atoms. The van der Waals surface area contributed by atoms with E-state index < -0.39 is 0 Å². The molecule has 0 aliphatic carbocycles. The van der Waals surface area contributed by atoms with Gasteiger partial charge in [-0.2, -0.15) is 0 Å². The summed E-state index contributed by atoms with van der Waals surface area (Å²) in [6.45, 7) is 4.35. The predicted molar refractivity (Wildman–Crippen MR) is 66.6 cm³/mol. The van der Waals surface area contributed by atoms with Gasteiger partial charge in [0, 0.05) is 11.5 Å². The van der Waals surface area contributed by atoms with Gasteiger partial charge < -0.3 is 0 Å². The fourth-order valence-electron chi connectivity index (χ4n) is 0.158. The minimum absolute atomic E-state index is 1.20. The molecule has 0 unspecified atom stereocenters. The van der Waals surface area contributed by atoms with Gasteiger partial charge in [0.1, 0.15) is 0 Å². The molecule has 0 heterocycles. The van der Waals surface area contributed by atoms with E-state index in [1.165, 1.54) is 11.5 Å². The van der Waals surface area contributed by atoms with Crippen molar-refractivity contribution in [3.05, 3.63) is 0 Å². The van der Waals surface area contributed by atoms with Crippen LogP contribution in [0.4, 0.5) is 0 Å². The fraction of sp³-hybridized carbons (Fsp3) is 1.00. The Bertz CT molecular complexity index is 49.7. The molecule has 0 bridgehead atoms. The minimum atomic E-state index is 1.20. The second-order valence-corrected chi connectivity index (χ2v) is 11.2. The number of hydrogen-bond donors (Lipinski definition) is 0. The lowest BCUT2D eigenvalue weighted by atomic mass is 11.0. The molecule has 6 heteroatoms. The summed E-state index contributed by atoms with van der Waals surface area (Å²) < 4.78 is 0. The molecule has 0 amide bonds. The van der Waals surface area contributed by atoms with Crippen LogP contribution in [-0.4, -0.2) is 11.5 Å². The molecule has 0 atom stereocenters. The zero-order chi connectivity index (χ0) is 7.66. The van der Waals surface area contributed by atoms with Gasteiger partial charge in [0.05, 0.1) is 0 Å². The summed E-state index contributed by atoms with van der Waals surface area (Å²) in [4.78, 5) is 0. The highest BCUT2D eigenvalue weighted by atomic mass is 33.9. The second kappa shape index (κ2) is 11.1. The van der Waals surface area contributed by atoms with Gasteiger partial charge in [-0.3, -0.25) is 0 Å². The van der Waals surface area contributed by atoms with Crippen molar-refractivity contribution in [2.24, 2.45) is 0 Å². The van der Waals surface area contributed by atoms with E-state index in [1.54, 1.807) is 0 Å². The van der Waals surface area contributed by atoms with E-state index in [4.69, 9.17) is 0 Å². The maximum atomic E-state index is 2.18. The molecule has 0 aliphatic heterocycles. The van der Waals surface area contributed by atoms with E-state index in [2.05, 4.69) is 13.8 Å². The van der Waals surface area contributed by atoms with Crippen LogP contribution in [-0.2, 0) is 0 Å². The first-order valence-corrected chi connectivity index (χ1v) is 10.6. The molecule has 0 saturated heterocycles. The Balaban J connectivity index is 2.65. The maximum Gasteiger partial charge on any atom is 0.00169 e. The van der Waals surface area contributed by atoms with E-state index in [0.29, 0.717) is 0 Å². The van der Waals surface area contributed by atoms with Crippen LogP contribution < -0.4 is 0 Å². The number of rotatable bonds is 7. The molecule has 0 saturated carbocycles. The summed E-state index contributed by atoms with van der Waals surface area (Å²) in [7, 11) is 11.2. The lowest BCUT2D eigenvalue weighted by Gasteiger charge is -1.94. The van der Waals surface area contributed by atoms with Gasteiger partial charge in [-0.05, 0) is 39.3 Å². The van der Waals surface area contributed by atoms with Crippen molar-refractivity contribution in [3.8, 4) is 0 Å². The van der Waals surface area contributed by atoms with Gasteiger partial charge in [0.25, 0.3) is 0 Å². The van der Waals surface area contributed by atoms with E-state index >= 15 is 0 Å². The highest BCUT2D eigenvalue weighted by molar-refractivity contribution is 9.41. The highest BCUT2D eigenvalue weighted by Gasteiger charge is 1.90. The van der Waals surface area contributed by atoms with Crippen LogP contribution in [0.15, 0.2) is 0 Å². The Kier molecular flexibility index (Phi) is 13.4. The lowest BCUT2D eigenvalue weighted by Crippen LogP contribution is -1.52. The summed E-state index contributed by atoms with van der Waals surface area (Å²) in [5.41, 5.74) is 0. The molecule has 0 nitrogen and oxygen atoms in total. The summed E-state index contributed by atoms with van der Waals surface area (Å²) >= 11 is 0. The summed E-state index contributed by atoms with van der Waals surface area (Å²) in [5.74, 6) is 2.40. The Hall–Kier alpha value is 2.10. The quantitative estimate of drug-likeness (QED) is 0.457. The van der Waals surface area contributed by atoms with Crippen molar-refractivity contribution in [1.82, 2.24) is 0 Å². The molecule has 0 rings (SSSR count). The third-order valence-corrected chi connectivity index (χ3v) is 11.5. The summed E-state index contributed by atoms with van der Waals surface area (Å²) in [6.07, 6.45) is 0. The molecule has 0 N–H and O–H groups in total. The average molecular weight is 251 g/mol. The molecular formula is C4H10S6. The van der Waals surface area contributed by atoms with E-state index in [-0.39, 0.29) is 0 Å². The predicted octanol–water partition coefficient (Wildman–Crippen LogP) is 5.00. The Morgan fingerprint density at radius 2 is 1.10 bits per heavy atom.